The summed E-state index contributed by atoms with van der Waals surface area (Å²) in [6.45, 7) is 4.25. The van der Waals surface area contributed by atoms with Crippen LogP contribution in [0.3, 0.4) is 0 Å². The lowest BCUT2D eigenvalue weighted by Gasteiger charge is -2.27. The van der Waals surface area contributed by atoms with Gasteiger partial charge in [-0.3, -0.25) is 4.79 Å². The Kier molecular flexibility index (Phi) is 5.44. The van der Waals surface area contributed by atoms with Gasteiger partial charge in [0.15, 0.2) is 0 Å². The summed E-state index contributed by atoms with van der Waals surface area (Å²) in [6.07, 6.45) is 7.37. The third-order valence-electron chi connectivity index (χ3n) is 5.67. The fourth-order valence-electron chi connectivity index (χ4n) is 4.08. The van der Waals surface area contributed by atoms with Crippen molar-refractivity contribution in [2.75, 3.05) is 0 Å². The Morgan fingerprint density at radius 1 is 1.13 bits per heavy atom. The van der Waals surface area contributed by atoms with Crippen LogP contribution in [0.1, 0.15) is 43.4 Å². The molecule has 4 heteroatoms. The molecule has 0 bridgehead atoms. The first-order valence-electron chi connectivity index (χ1n) is 10.2. The summed E-state index contributed by atoms with van der Waals surface area (Å²) in [5.74, 6) is -0.666. The fraction of sp³-hybridized carbons (Fsp3) is 0.269. The van der Waals surface area contributed by atoms with Crippen molar-refractivity contribution in [2.24, 2.45) is 5.41 Å². The van der Waals surface area contributed by atoms with Crippen LogP contribution in [0.5, 0.6) is 0 Å². The van der Waals surface area contributed by atoms with Crippen LogP contribution in [0.15, 0.2) is 72.3 Å². The molecule has 1 heterocycles. The number of fused-ring (bicyclic) bond motifs is 1. The number of aliphatic hydroxyl groups is 1. The minimum atomic E-state index is -0.686. The van der Waals surface area contributed by atoms with Crippen LogP contribution in [0, 0.1) is 11.2 Å². The minimum Gasteiger partial charge on any atom is -0.458 e. The van der Waals surface area contributed by atoms with E-state index < -0.39 is 12.2 Å². The van der Waals surface area contributed by atoms with Gasteiger partial charge in [0.2, 0.25) is 0 Å². The van der Waals surface area contributed by atoms with Crippen molar-refractivity contribution in [3.05, 3.63) is 94.8 Å². The van der Waals surface area contributed by atoms with E-state index in [-0.39, 0.29) is 23.6 Å². The molecule has 1 aliphatic heterocycles. The summed E-state index contributed by atoms with van der Waals surface area (Å²) in [7, 11) is 0. The number of aliphatic hydroxyl groups excluding tert-OH is 1. The highest BCUT2D eigenvalue weighted by Gasteiger charge is 2.29. The summed E-state index contributed by atoms with van der Waals surface area (Å²) >= 11 is 0. The quantitative estimate of drug-likeness (QED) is 0.706. The van der Waals surface area contributed by atoms with E-state index in [2.05, 4.69) is 38.1 Å². The molecule has 0 unspecified atom stereocenters. The second-order valence-electron chi connectivity index (χ2n) is 8.42. The fourth-order valence-corrected chi connectivity index (χ4v) is 4.08. The number of hydrogen-bond donors (Lipinski definition) is 1. The SMILES string of the molecule is CC1(C)C=Cc2ccccc2C(c2ccc(F)cc2)=C1/C=C/[C@@H]1C[C@@H](O)CC(=O)O1. The van der Waals surface area contributed by atoms with E-state index in [0.717, 1.165) is 27.8 Å². The number of carbonyl (C=O) groups excluding carboxylic acids is 1. The Morgan fingerprint density at radius 2 is 1.87 bits per heavy atom. The number of esters is 1. The zero-order valence-corrected chi connectivity index (χ0v) is 17.1. The standard InChI is InChI=1S/C26H25FO3/c1-26(2)14-13-17-5-3-4-6-22(17)25(18-7-9-19(27)10-8-18)23(26)12-11-21-15-20(28)16-24(29)30-21/h3-14,20-21,28H,15-16H2,1-2H3/b12-11+/t20-,21-/m1/s1. The van der Waals surface area contributed by atoms with Crippen LogP contribution in [-0.2, 0) is 9.53 Å². The molecule has 0 radical (unpaired) electrons. The normalized spacial score (nSPS) is 23.3. The largest absolute Gasteiger partial charge is 0.458 e. The van der Waals surface area contributed by atoms with Crippen molar-refractivity contribution in [3.63, 3.8) is 0 Å². The van der Waals surface area contributed by atoms with Gasteiger partial charge in [-0.1, -0.05) is 68.5 Å². The molecule has 1 saturated heterocycles. The van der Waals surface area contributed by atoms with Crippen LogP contribution in [0.25, 0.3) is 11.6 Å². The third kappa shape index (κ3) is 4.14. The minimum absolute atomic E-state index is 0.0372. The maximum absolute atomic E-state index is 13.6. The van der Waals surface area contributed by atoms with Crippen molar-refractivity contribution < 1.29 is 19.0 Å². The van der Waals surface area contributed by atoms with Crippen molar-refractivity contribution in [1.29, 1.82) is 0 Å². The summed E-state index contributed by atoms with van der Waals surface area (Å²) in [5.41, 5.74) is 4.79. The maximum Gasteiger partial charge on any atom is 0.309 e. The van der Waals surface area contributed by atoms with Gasteiger partial charge < -0.3 is 9.84 Å². The molecule has 30 heavy (non-hydrogen) atoms. The molecule has 0 spiro atoms. The molecule has 1 aliphatic carbocycles. The van der Waals surface area contributed by atoms with Gasteiger partial charge in [-0.2, -0.15) is 0 Å². The van der Waals surface area contributed by atoms with E-state index >= 15 is 0 Å². The Hall–Kier alpha value is -2.98. The third-order valence-corrected chi connectivity index (χ3v) is 5.67. The highest BCUT2D eigenvalue weighted by molar-refractivity contribution is 5.90. The van der Waals surface area contributed by atoms with Crippen LogP contribution < -0.4 is 0 Å². The number of rotatable bonds is 3. The van der Waals surface area contributed by atoms with Crippen LogP contribution in [0.4, 0.5) is 4.39 Å². The zero-order chi connectivity index (χ0) is 21.3. The molecule has 154 valence electrons. The van der Waals surface area contributed by atoms with Gasteiger partial charge >= 0.3 is 5.97 Å². The Labute approximate surface area is 176 Å². The molecule has 0 aromatic heterocycles. The lowest BCUT2D eigenvalue weighted by molar-refractivity contribution is -0.156. The highest BCUT2D eigenvalue weighted by Crippen LogP contribution is 2.43. The lowest BCUT2D eigenvalue weighted by Crippen LogP contribution is -2.31. The Balaban J connectivity index is 1.88. The van der Waals surface area contributed by atoms with E-state index in [1.807, 2.05) is 24.3 Å². The average Bonchev–Trinajstić information content (AvgIpc) is 2.81. The van der Waals surface area contributed by atoms with Gasteiger partial charge in [-0.15, -0.1) is 0 Å². The van der Waals surface area contributed by atoms with Crippen molar-refractivity contribution >= 4 is 17.6 Å². The van der Waals surface area contributed by atoms with Gasteiger partial charge in [0.25, 0.3) is 0 Å². The van der Waals surface area contributed by atoms with E-state index in [1.54, 1.807) is 12.1 Å². The number of ether oxygens (including phenoxy) is 1. The van der Waals surface area contributed by atoms with E-state index in [9.17, 15) is 14.3 Å². The first kappa shape index (κ1) is 20.3. The number of allylic oxidation sites excluding steroid dienone is 3. The predicted octanol–water partition coefficient (Wildman–Crippen LogP) is 5.30. The molecule has 2 aromatic carbocycles. The number of carbonyl (C=O) groups is 1. The number of benzene rings is 2. The highest BCUT2D eigenvalue weighted by atomic mass is 19.1. The number of cyclic esters (lactones) is 1. The van der Waals surface area contributed by atoms with Gasteiger partial charge in [0.1, 0.15) is 11.9 Å². The van der Waals surface area contributed by atoms with E-state index in [4.69, 9.17) is 4.74 Å². The van der Waals surface area contributed by atoms with Crippen LogP contribution >= 0.6 is 0 Å². The van der Waals surface area contributed by atoms with Crippen LogP contribution in [-0.4, -0.2) is 23.3 Å². The first-order valence-corrected chi connectivity index (χ1v) is 10.2. The first-order chi connectivity index (χ1) is 14.3. The summed E-state index contributed by atoms with van der Waals surface area (Å²) in [5, 5.41) is 9.93. The summed E-state index contributed by atoms with van der Waals surface area (Å²) in [4.78, 5) is 11.7. The van der Waals surface area contributed by atoms with Gasteiger partial charge in [-0.25, -0.2) is 4.39 Å². The van der Waals surface area contributed by atoms with Gasteiger partial charge in [0, 0.05) is 11.8 Å². The van der Waals surface area contributed by atoms with Crippen LogP contribution in [0.2, 0.25) is 0 Å². The van der Waals surface area contributed by atoms with Gasteiger partial charge in [-0.05, 0) is 46.0 Å². The van der Waals surface area contributed by atoms with Crippen molar-refractivity contribution in [1.82, 2.24) is 0 Å². The summed E-state index contributed by atoms with van der Waals surface area (Å²) in [6, 6.07) is 14.7. The van der Waals surface area contributed by atoms with Crippen molar-refractivity contribution in [2.45, 2.75) is 38.9 Å². The molecule has 3 nitrogen and oxygen atoms in total. The summed E-state index contributed by atoms with van der Waals surface area (Å²) < 4.78 is 19.0. The maximum atomic E-state index is 13.6. The smallest absolute Gasteiger partial charge is 0.309 e. The predicted molar refractivity (Wildman–Crippen MR) is 116 cm³/mol. The Bertz CT molecular complexity index is 1040. The molecule has 0 amide bonds. The molecule has 0 saturated carbocycles. The second kappa shape index (κ2) is 8.04. The van der Waals surface area contributed by atoms with E-state index in [1.165, 1.54) is 12.1 Å². The molecule has 2 aliphatic rings. The topological polar surface area (TPSA) is 46.5 Å². The monoisotopic (exact) mass is 404 g/mol. The molecule has 4 rings (SSSR count). The Morgan fingerprint density at radius 3 is 2.60 bits per heavy atom. The molecule has 1 N–H and O–H groups in total. The molecular formula is C26H25FO3. The number of hydrogen-bond acceptors (Lipinski definition) is 3. The molecule has 1 fully saturated rings. The molecule has 2 aromatic rings. The second-order valence-corrected chi connectivity index (χ2v) is 8.42. The lowest BCUT2D eigenvalue weighted by atomic mass is 9.78. The molecular weight excluding hydrogens is 379 g/mol. The van der Waals surface area contributed by atoms with Crippen molar-refractivity contribution in [3.8, 4) is 0 Å². The molecule has 2 atom stereocenters. The zero-order valence-electron chi connectivity index (χ0n) is 17.1. The van der Waals surface area contributed by atoms with E-state index in [0.29, 0.717) is 6.42 Å². The average molecular weight is 404 g/mol. The number of halogens is 1. The van der Waals surface area contributed by atoms with Gasteiger partial charge in [0.05, 0.1) is 12.5 Å².